The normalized spacial score (nSPS) is 12.9. The summed E-state index contributed by atoms with van der Waals surface area (Å²) < 4.78 is 1.01. The number of aromatic nitrogens is 1. The van der Waals surface area contributed by atoms with Crippen LogP contribution >= 0.6 is 15.9 Å². The van der Waals surface area contributed by atoms with Crippen LogP contribution in [0.15, 0.2) is 22.8 Å². The second kappa shape index (κ2) is 6.08. The minimum absolute atomic E-state index is 0.445. The largest absolute Gasteiger partial charge is 0.368 e. The molecule has 0 aliphatic carbocycles. The molecule has 1 unspecified atom stereocenters. The monoisotopic (exact) mass is 271 g/mol. The maximum absolute atomic E-state index is 4.27. The quantitative estimate of drug-likeness (QED) is 0.893. The van der Waals surface area contributed by atoms with Crippen molar-refractivity contribution in [1.82, 2.24) is 9.88 Å². The van der Waals surface area contributed by atoms with Crippen LogP contribution in [0.4, 0.5) is 5.82 Å². The van der Waals surface area contributed by atoms with Gasteiger partial charge in [-0.2, -0.15) is 0 Å². The zero-order valence-electron chi connectivity index (χ0n) is 9.50. The molecule has 0 fully saturated rings. The van der Waals surface area contributed by atoms with Crippen molar-refractivity contribution in [2.45, 2.75) is 19.4 Å². The molecule has 1 aromatic rings. The van der Waals surface area contributed by atoms with Crippen LogP contribution in [0.3, 0.4) is 0 Å². The molecule has 15 heavy (non-hydrogen) atoms. The number of nitrogens with zero attached hydrogens (tertiary/aromatic N) is 2. The first kappa shape index (κ1) is 12.5. The highest BCUT2D eigenvalue weighted by Crippen LogP contribution is 2.11. The maximum Gasteiger partial charge on any atom is 0.126 e. The molecule has 84 valence electrons. The van der Waals surface area contributed by atoms with Crippen LogP contribution in [0.2, 0.25) is 0 Å². The van der Waals surface area contributed by atoms with Gasteiger partial charge in [0.25, 0.3) is 0 Å². The highest BCUT2D eigenvalue weighted by Gasteiger charge is 2.03. The van der Waals surface area contributed by atoms with Gasteiger partial charge in [-0.15, -0.1) is 0 Å². The van der Waals surface area contributed by atoms with E-state index in [1.165, 1.54) is 0 Å². The first-order chi connectivity index (χ1) is 7.08. The van der Waals surface area contributed by atoms with E-state index in [1.807, 2.05) is 12.1 Å². The lowest BCUT2D eigenvalue weighted by molar-refractivity contribution is 0.390. The number of pyridine rings is 1. The van der Waals surface area contributed by atoms with E-state index in [9.17, 15) is 0 Å². The van der Waals surface area contributed by atoms with E-state index in [0.29, 0.717) is 6.04 Å². The highest BCUT2D eigenvalue weighted by atomic mass is 79.9. The molecule has 1 aromatic heterocycles. The molecule has 1 N–H and O–H groups in total. The van der Waals surface area contributed by atoms with Gasteiger partial charge in [0.2, 0.25) is 0 Å². The molecule has 0 spiro atoms. The van der Waals surface area contributed by atoms with Crippen molar-refractivity contribution in [2.24, 2.45) is 0 Å². The van der Waals surface area contributed by atoms with Gasteiger partial charge in [-0.05, 0) is 62.0 Å². The van der Waals surface area contributed by atoms with Gasteiger partial charge in [-0.1, -0.05) is 0 Å². The Labute approximate surface area is 100 Å². The Morgan fingerprint density at radius 3 is 2.73 bits per heavy atom. The van der Waals surface area contributed by atoms with Gasteiger partial charge in [0.15, 0.2) is 0 Å². The zero-order chi connectivity index (χ0) is 11.3. The maximum atomic E-state index is 4.27. The average Bonchev–Trinajstić information content (AvgIpc) is 2.19. The molecule has 0 aromatic carbocycles. The van der Waals surface area contributed by atoms with Gasteiger partial charge >= 0.3 is 0 Å². The van der Waals surface area contributed by atoms with Crippen LogP contribution in [0.1, 0.15) is 13.3 Å². The summed E-state index contributed by atoms with van der Waals surface area (Å²) in [5.74, 6) is 0.935. The van der Waals surface area contributed by atoms with Crippen molar-refractivity contribution in [3.05, 3.63) is 22.8 Å². The van der Waals surface area contributed by atoms with E-state index in [1.54, 1.807) is 6.20 Å². The predicted molar refractivity (Wildman–Crippen MR) is 68.2 cm³/mol. The second-order valence-electron chi connectivity index (χ2n) is 4.00. The Morgan fingerprint density at radius 1 is 1.47 bits per heavy atom. The molecule has 1 heterocycles. The summed E-state index contributed by atoms with van der Waals surface area (Å²) in [5, 5.41) is 3.37. The number of nitrogens with one attached hydrogen (secondary N) is 1. The van der Waals surface area contributed by atoms with E-state index in [2.05, 4.69) is 52.1 Å². The van der Waals surface area contributed by atoms with Crippen molar-refractivity contribution in [2.75, 3.05) is 26.0 Å². The van der Waals surface area contributed by atoms with Gasteiger partial charge in [0.1, 0.15) is 5.82 Å². The molecular formula is C11H18BrN3. The summed E-state index contributed by atoms with van der Waals surface area (Å²) in [7, 11) is 4.18. The number of anilines is 1. The number of hydrogen-bond acceptors (Lipinski definition) is 3. The second-order valence-corrected chi connectivity index (χ2v) is 4.91. The Balaban J connectivity index is 2.37. The van der Waals surface area contributed by atoms with Gasteiger partial charge in [-0.3, -0.25) is 0 Å². The van der Waals surface area contributed by atoms with Crippen molar-refractivity contribution in [1.29, 1.82) is 0 Å². The first-order valence-corrected chi connectivity index (χ1v) is 5.90. The van der Waals surface area contributed by atoms with Gasteiger partial charge in [-0.25, -0.2) is 4.98 Å². The molecule has 0 radical (unpaired) electrons. The van der Waals surface area contributed by atoms with Crippen LogP contribution in [0, 0.1) is 0 Å². The third kappa shape index (κ3) is 5.14. The predicted octanol–water partition coefficient (Wildman–Crippen LogP) is 2.60. The van der Waals surface area contributed by atoms with Crippen LogP contribution in [0.25, 0.3) is 0 Å². The molecule has 3 nitrogen and oxygen atoms in total. The summed E-state index contributed by atoms with van der Waals surface area (Å²) in [4.78, 5) is 6.46. The Morgan fingerprint density at radius 2 is 2.20 bits per heavy atom. The average molecular weight is 272 g/mol. The van der Waals surface area contributed by atoms with Gasteiger partial charge in [0, 0.05) is 16.7 Å². The van der Waals surface area contributed by atoms with Crippen molar-refractivity contribution < 1.29 is 0 Å². The summed E-state index contributed by atoms with van der Waals surface area (Å²) >= 11 is 3.36. The standard InChI is InChI=1S/C11H18BrN3/c1-9(6-7-15(2)3)14-11-5-4-10(12)8-13-11/h4-5,8-9H,6-7H2,1-3H3,(H,13,14). The van der Waals surface area contributed by atoms with Crippen molar-refractivity contribution in [3.8, 4) is 0 Å². The molecule has 0 saturated heterocycles. The highest BCUT2D eigenvalue weighted by molar-refractivity contribution is 9.10. The molecule has 1 rings (SSSR count). The smallest absolute Gasteiger partial charge is 0.126 e. The summed E-state index contributed by atoms with van der Waals surface area (Å²) in [6.45, 7) is 3.26. The van der Waals surface area contributed by atoms with E-state index in [4.69, 9.17) is 0 Å². The first-order valence-electron chi connectivity index (χ1n) is 5.11. The number of rotatable bonds is 5. The van der Waals surface area contributed by atoms with Crippen LogP contribution in [-0.4, -0.2) is 36.6 Å². The summed E-state index contributed by atoms with van der Waals surface area (Å²) in [5.41, 5.74) is 0. The molecule has 0 aliphatic rings. The third-order valence-electron chi connectivity index (χ3n) is 2.13. The van der Waals surface area contributed by atoms with Crippen LogP contribution < -0.4 is 5.32 Å². The Bertz CT molecular complexity index is 284. The van der Waals surface area contributed by atoms with E-state index >= 15 is 0 Å². The fraction of sp³-hybridized carbons (Fsp3) is 0.545. The molecule has 4 heteroatoms. The number of hydrogen-bond donors (Lipinski definition) is 1. The SMILES string of the molecule is CC(CCN(C)C)Nc1ccc(Br)cn1. The van der Waals surface area contributed by atoms with Crippen LogP contribution in [0.5, 0.6) is 0 Å². The summed E-state index contributed by atoms with van der Waals surface area (Å²) in [6, 6.07) is 4.42. The number of halogens is 1. The molecular weight excluding hydrogens is 254 g/mol. The van der Waals surface area contributed by atoms with E-state index < -0.39 is 0 Å². The fourth-order valence-corrected chi connectivity index (χ4v) is 1.47. The Hall–Kier alpha value is -0.610. The van der Waals surface area contributed by atoms with Gasteiger partial charge in [0.05, 0.1) is 0 Å². The fourth-order valence-electron chi connectivity index (χ4n) is 1.24. The molecule has 0 saturated carbocycles. The lowest BCUT2D eigenvalue weighted by Gasteiger charge is -2.17. The van der Waals surface area contributed by atoms with E-state index in [0.717, 1.165) is 23.3 Å². The Kier molecular flexibility index (Phi) is 5.05. The molecule has 0 bridgehead atoms. The lowest BCUT2D eigenvalue weighted by Crippen LogP contribution is -2.23. The minimum Gasteiger partial charge on any atom is -0.368 e. The van der Waals surface area contributed by atoms with E-state index in [-0.39, 0.29) is 0 Å². The molecule has 0 amide bonds. The molecule has 1 atom stereocenters. The summed E-state index contributed by atoms with van der Waals surface area (Å²) in [6.07, 6.45) is 2.92. The van der Waals surface area contributed by atoms with Crippen LogP contribution in [-0.2, 0) is 0 Å². The third-order valence-corrected chi connectivity index (χ3v) is 2.60. The zero-order valence-corrected chi connectivity index (χ0v) is 11.1. The van der Waals surface area contributed by atoms with Crippen molar-refractivity contribution >= 4 is 21.7 Å². The topological polar surface area (TPSA) is 28.2 Å². The van der Waals surface area contributed by atoms with Gasteiger partial charge < -0.3 is 10.2 Å². The minimum atomic E-state index is 0.445. The van der Waals surface area contributed by atoms with Crippen molar-refractivity contribution in [3.63, 3.8) is 0 Å². The lowest BCUT2D eigenvalue weighted by atomic mass is 10.2. The molecule has 0 aliphatic heterocycles.